The van der Waals surface area contributed by atoms with Crippen molar-refractivity contribution in [2.45, 2.75) is 65.8 Å². The monoisotopic (exact) mass is 268 g/mol. The molecule has 1 rings (SSSR count). The Bertz CT molecular complexity index is 413. The first kappa shape index (κ1) is 15.6. The van der Waals surface area contributed by atoms with E-state index in [4.69, 9.17) is 0 Å². The van der Waals surface area contributed by atoms with Crippen LogP contribution < -0.4 is 0 Å². The molecule has 1 aromatic rings. The zero-order valence-corrected chi connectivity index (χ0v) is 12.3. The molecule has 0 saturated carbocycles. The molecule has 0 aromatic carbocycles. The van der Waals surface area contributed by atoms with Crippen LogP contribution in [0.25, 0.3) is 0 Å². The first-order valence-electron chi connectivity index (χ1n) is 7.00. The lowest BCUT2D eigenvalue weighted by molar-refractivity contribution is -0.150. The highest BCUT2D eigenvalue weighted by Gasteiger charge is 2.36. The van der Waals surface area contributed by atoms with Gasteiger partial charge in [-0.15, -0.1) is 5.10 Å². The maximum atomic E-state index is 11.5. The van der Waals surface area contributed by atoms with E-state index >= 15 is 0 Å². The number of aromatic nitrogens is 4. The summed E-state index contributed by atoms with van der Waals surface area (Å²) in [5, 5.41) is 21.2. The molecular formula is C13H24N4O2. The number of carboxylic acids is 1. The number of hydrogen-bond donors (Lipinski definition) is 1. The number of aliphatic carboxylic acids is 1. The molecule has 0 aliphatic rings. The standard InChI is InChI=1S/C13H24N4O2/c1-5-8-10(4)11-14-15-16-17(11)9-13(6-2,7-3)12(18)19/h10H,5-9H2,1-4H3,(H,18,19). The zero-order chi connectivity index (χ0) is 14.5. The van der Waals surface area contributed by atoms with Crippen molar-refractivity contribution < 1.29 is 9.90 Å². The highest BCUT2D eigenvalue weighted by molar-refractivity contribution is 5.74. The summed E-state index contributed by atoms with van der Waals surface area (Å²) in [5.41, 5.74) is -0.782. The van der Waals surface area contributed by atoms with Gasteiger partial charge in [-0.2, -0.15) is 0 Å². The second kappa shape index (κ2) is 6.63. The van der Waals surface area contributed by atoms with Crippen LogP contribution in [0.15, 0.2) is 0 Å². The normalized spacial score (nSPS) is 13.5. The van der Waals surface area contributed by atoms with Crippen molar-refractivity contribution in [2.24, 2.45) is 5.41 Å². The van der Waals surface area contributed by atoms with Crippen molar-refractivity contribution in [3.63, 3.8) is 0 Å². The molecule has 1 N–H and O–H groups in total. The van der Waals surface area contributed by atoms with Crippen LogP contribution in [0.5, 0.6) is 0 Å². The summed E-state index contributed by atoms with van der Waals surface area (Å²) in [6.45, 7) is 8.33. The maximum Gasteiger partial charge on any atom is 0.311 e. The summed E-state index contributed by atoms with van der Waals surface area (Å²) < 4.78 is 1.67. The average molecular weight is 268 g/mol. The minimum atomic E-state index is -0.782. The van der Waals surface area contributed by atoms with Crippen LogP contribution in [-0.4, -0.2) is 31.3 Å². The SMILES string of the molecule is CCCC(C)c1nnnn1CC(CC)(CC)C(=O)O. The Hall–Kier alpha value is -1.46. The molecule has 6 nitrogen and oxygen atoms in total. The number of carbonyl (C=O) groups is 1. The Morgan fingerprint density at radius 1 is 1.37 bits per heavy atom. The van der Waals surface area contributed by atoms with Crippen molar-refractivity contribution in [1.82, 2.24) is 20.2 Å². The molecular weight excluding hydrogens is 244 g/mol. The van der Waals surface area contributed by atoms with E-state index in [0.29, 0.717) is 19.4 Å². The summed E-state index contributed by atoms with van der Waals surface area (Å²) in [4.78, 5) is 11.5. The van der Waals surface area contributed by atoms with Crippen LogP contribution in [0.1, 0.15) is 65.1 Å². The molecule has 0 spiro atoms. The van der Waals surface area contributed by atoms with Gasteiger partial charge < -0.3 is 5.11 Å². The minimum absolute atomic E-state index is 0.250. The van der Waals surface area contributed by atoms with E-state index in [1.54, 1.807) is 4.68 Å². The number of rotatable bonds is 8. The van der Waals surface area contributed by atoms with Gasteiger partial charge in [0.05, 0.1) is 12.0 Å². The third-order valence-electron chi connectivity index (χ3n) is 3.98. The summed E-state index contributed by atoms with van der Waals surface area (Å²) in [5.74, 6) is 0.261. The molecule has 1 heterocycles. The van der Waals surface area contributed by atoms with Gasteiger partial charge in [0, 0.05) is 5.92 Å². The molecule has 1 atom stereocenters. The van der Waals surface area contributed by atoms with Gasteiger partial charge in [-0.25, -0.2) is 4.68 Å². The van der Waals surface area contributed by atoms with E-state index in [9.17, 15) is 9.90 Å². The Morgan fingerprint density at radius 2 is 2.00 bits per heavy atom. The predicted molar refractivity (Wildman–Crippen MR) is 71.8 cm³/mol. The van der Waals surface area contributed by atoms with E-state index in [1.807, 2.05) is 13.8 Å². The van der Waals surface area contributed by atoms with Crippen LogP contribution in [0.4, 0.5) is 0 Å². The van der Waals surface area contributed by atoms with Gasteiger partial charge >= 0.3 is 5.97 Å². The van der Waals surface area contributed by atoms with Crippen LogP contribution in [-0.2, 0) is 11.3 Å². The molecule has 0 fully saturated rings. The lowest BCUT2D eigenvalue weighted by atomic mass is 9.82. The lowest BCUT2D eigenvalue weighted by Gasteiger charge is -2.27. The fourth-order valence-electron chi connectivity index (χ4n) is 2.37. The van der Waals surface area contributed by atoms with Gasteiger partial charge in [0.25, 0.3) is 0 Å². The molecule has 6 heteroatoms. The van der Waals surface area contributed by atoms with Crippen molar-refractivity contribution >= 4 is 5.97 Å². The van der Waals surface area contributed by atoms with Crippen LogP contribution in [0.2, 0.25) is 0 Å². The number of nitrogens with zero attached hydrogens (tertiary/aromatic N) is 4. The average Bonchev–Trinajstić information content (AvgIpc) is 2.84. The van der Waals surface area contributed by atoms with Crippen LogP contribution in [0, 0.1) is 5.41 Å². The topological polar surface area (TPSA) is 80.9 Å². The minimum Gasteiger partial charge on any atom is -0.481 e. The van der Waals surface area contributed by atoms with Gasteiger partial charge in [-0.05, 0) is 29.7 Å². The van der Waals surface area contributed by atoms with E-state index in [1.165, 1.54) is 0 Å². The van der Waals surface area contributed by atoms with E-state index < -0.39 is 11.4 Å². The predicted octanol–water partition coefficient (Wildman–Crippen LogP) is 2.47. The van der Waals surface area contributed by atoms with E-state index in [2.05, 4.69) is 29.4 Å². The van der Waals surface area contributed by atoms with Gasteiger partial charge in [0.2, 0.25) is 0 Å². The van der Waals surface area contributed by atoms with Crippen LogP contribution >= 0.6 is 0 Å². The Morgan fingerprint density at radius 3 is 2.47 bits per heavy atom. The molecule has 0 amide bonds. The number of carboxylic acid groups (broad SMARTS) is 1. The first-order valence-corrected chi connectivity index (χ1v) is 7.00. The molecule has 0 aliphatic carbocycles. The summed E-state index contributed by atoms with van der Waals surface area (Å²) in [6.07, 6.45) is 3.19. The summed E-state index contributed by atoms with van der Waals surface area (Å²) >= 11 is 0. The molecule has 19 heavy (non-hydrogen) atoms. The van der Waals surface area contributed by atoms with Crippen LogP contribution in [0.3, 0.4) is 0 Å². The van der Waals surface area contributed by atoms with E-state index in [-0.39, 0.29) is 5.92 Å². The van der Waals surface area contributed by atoms with Gasteiger partial charge in [0.1, 0.15) is 0 Å². The quantitative estimate of drug-likeness (QED) is 0.783. The fraction of sp³-hybridized carbons (Fsp3) is 0.846. The highest BCUT2D eigenvalue weighted by atomic mass is 16.4. The lowest BCUT2D eigenvalue weighted by Crippen LogP contribution is -2.35. The van der Waals surface area contributed by atoms with Crippen molar-refractivity contribution in [2.75, 3.05) is 0 Å². The first-order chi connectivity index (χ1) is 9.00. The smallest absolute Gasteiger partial charge is 0.311 e. The van der Waals surface area contributed by atoms with Gasteiger partial charge in [-0.3, -0.25) is 4.79 Å². The van der Waals surface area contributed by atoms with Crippen molar-refractivity contribution in [3.8, 4) is 0 Å². The molecule has 0 aliphatic heterocycles. The summed E-state index contributed by atoms with van der Waals surface area (Å²) in [6, 6.07) is 0. The van der Waals surface area contributed by atoms with Crippen molar-refractivity contribution in [1.29, 1.82) is 0 Å². The largest absolute Gasteiger partial charge is 0.481 e. The highest BCUT2D eigenvalue weighted by Crippen LogP contribution is 2.30. The third kappa shape index (κ3) is 3.30. The molecule has 108 valence electrons. The van der Waals surface area contributed by atoms with Gasteiger partial charge in [0.15, 0.2) is 5.82 Å². The zero-order valence-electron chi connectivity index (χ0n) is 12.3. The second-order valence-electron chi connectivity index (χ2n) is 5.18. The molecule has 1 unspecified atom stereocenters. The Kier molecular flexibility index (Phi) is 5.44. The third-order valence-corrected chi connectivity index (χ3v) is 3.98. The molecule has 0 bridgehead atoms. The van der Waals surface area contributed by atoms with E-state index in [0.717, 1.165) is 18.7 Å². The Balaban J connectivity index is 2.98. The summed E-state index contributed by atoms with van der Waals surface area (Å²) in [7, 11) is 0. The maximum absolute atomic E-state index is 11.5. The fourth-order valence-corrected chi connectivity index (χ4v) is 2.37. The molecule has 1 aromatic heterocycles. The molecule has 0 saturated heterocycles. The number of tetrazole rings is 1. The van der Waals surface area contributed by atoms with Crippen molar-refractivity contribution in [3.05, 3.63) is 5.82 Å². The number of hydrogen-bond acceptors (Lipinski definition) is 4. The molecule has 0 radical (unpaired) electrons. The second-order valence-corrected chi connectivity index (χ2v) is 5.18. The Labute approximate surface area is 114 Å². The van der Waals surface area contributed by atoms with Gasteiger partial charge in [-0.1, -0.05) is 34.1 Å².